The summed E-state index contributed by atoms with van der Waals surface area (Å²) in [7, 11) is 1.59. The Labute approximate surface area is 117 Å². The number of aromatic nitrogens is 3. The van der Waals surface area contributed by atoms with Gasteiger partial charge in [-0.3, -0.25) is 9.78 Å². The molecule has 2 aromatic heterocycles. The van der Waals surface area contributed by atoms with Gasteiger partial charge in [-0.2, -0.15) is 13.2 Å². The van der Waals surface area contributed by atoms with E-state index in [4.69, 9.17) is 0 Å². The number of aryl methyl sites for hydroxylation is 1. The summed E-state index contributed by atoms with van der Waals surface area (Å²) in [6.07, 6.45) is -1.09. The van der Waals surface area contributed by atoms with Crippen molar-refractivity contribution < 1.29 is 13.2 Å². The highest BCUT2D eigenvalue weighted by Gasteiger charge is 2.79. The Balaban J connectivity index is 1.82. The maximum atomic E-state index is 13.0. The number of nitrogens with zero attached hydrogens (tertiary/aromatic N) is 3. The van der Waals surface area contributed by atoms with E-state index in [2.05, 4.69) is 9.97 Å². The fraction of sp³-hybridized carbons (Fsp3) is 0.500. The van der Waals surface area contributed by atoms with E-state index < -0.39 is 17.0 Å². The monoisotopic (exact) mass is 295 g/mol. The zero-order valence-corrected chi connectivity index (χ0v) is 11.2. The van der Waals surface area contributed by atoms with Gasteiger partial charge >= 0.3 is 6.18 Å². The van der Waals surface area contributed by atoms with Gasteiger partial charge in [0.25, 0.3) is 5.56 Å². The third-order valence-corrected chi connectivity index (χ3v) is 4.97. The molecule has 0 spiro atoms. The second kappa shape index (κ2) is 3.45. The number of fused-ring (bicyclic) bond motifs is 1. The maximum Gasteiger partial charge on any atom is 0.394 e. The van der Waals surface area contributed by atoms with Crippen LogP contribution in [0.2, 0.25) is 0 Å². The summed E-state index contributed by atoms with van der Waals surface area (Å²) >= 11 is 0. The van der Waals surface area contributed by atoms with E-state index in [1.54, 1.807) is 13.1 Å². The molecule has 0 radical (unpaired) electrons. The number of halogens is 3. The van der Waals surface area contributed by atoms with Crippen LogP contribution >= 0.6 is 0 Å². The van der Waals surface area contributed by atoms with E-state index in [1.165, 1.54) is 17.1 Å². The molecule has 0 N–H and O–H groups in total. The van der Waals surface area contributed by atoms with E-state index in [0.29, 0.717) is 16.6 Å². The van der Waals surface area contributed by atoms with Gasteiger partial charge in [0, 0.05) is 18.7 Å². The number of hydrogen-bond donors (Lipinski definition) is 0. The molecule has 0 amide bonds. The first-order valence-electron chi connectivity index (χ1n) is 6.66. The lowest BCUT2D eigenvalue weighted by Crippen LogP contribution is -2.70. The molecule has 0 unspecified atom stereocenters. The van der Waals surface area contributed by atoms with Crippen molar-refractivity contribution in [3.05, 3.63) is 34.6 Å². The van der Waals surface area contributed by atoms with Gasteiger partial charge in [0.05, 0.1) is 28.3 Å². The molecule has 0 saturated heterocycles. The van der Waals surface area contributed by atoms with Crippen molar-refractivity contribution in [3.8, 4) is 0 Å². The van der Waals surface area contributed by atoms with Crippen LogP contribution in [0.1, 0.15) is 25.0 Å². The minimum atomic E-state index is -4.15. The number of hydrogen-bond acceptors (Lipinski definition) is 3. The summed E-state index contributed by atoms with van der Waals surface area (Å²) in [6.45, 7) is 0. The fourth-order valence-corrected chi connectivity index (χ4v) is 3.87. The third kappa shape index (κ3) is 1.39. The van der Waals surface area contributed by atoms with Crippen molar-refractivity contribution in [2.24, 2.45) is 12.5 Å². The van der Waals surface area contributed by atoms with Crippen LogP contribution in [0.15, 0.2) is 23.4 Å². The fourth-order valence-electron chi connectivity index (χ4n) is 3.87. The van der Waals surface area contributed by atoms with E-state index in [0.717, 1.165) is 0 Å². The second-order valence-corrected chi connectivity index (χ2v) is 6.31. The predicted molar refractivity (Wildman–Crippen MR) is 68.8 cm³/mol. The molecule has 3 aliphatic carbocycles. The standard InChI is InChI=1S/C14H12F3N3O/c1-20-7-19-9-8(11(20)21)2-3-18-10(9)12-4-13(5-12,6-12)14(15,16)17/h2-3,7H,4-6H2,1H3. The second-order valence-electron chi connectivity index (χ2n) is 6.31. The molecule has 21 heavy (non-hydrogen) atoms. The molecule has 2 aromatic rings. The van der Waals surface area contributed by atoms with Crippen LogP contribution in [-0.4, -0.2) is 20.7 Å². The lowest BCUT2D eigenvalue weighted by molar-refractivity contribution is -0.337. The van der Waals surface area contributed by atoms with Crippen LogP contribution in [0, 0.1) is 5.41 Å². The van der Waals surface area contributed by atoms with Crippen molar-refractivity contribution in [2.45, 2.75) is 30.9 Å². The Morgan fingerprint density at radius 2 is 1.90 bits per heavy atom. The molecule has 2 heterocycles. The van der Waals surface area contributed by atoms with Gasteiger partial charge in [0.1, 0.15) is 0 Å². The molecular weight excluding hydrogens is 283 g/mol. The Hall–Kier alpha value is -1.92. The van der Waals surface area contributed by atoms with Crippen molar-refractivity contribution in [1.82, 2.24) is 14.5 Å². The first-order valence-corrected chi connectivity index (χ1v) is 6.66. The summed E-state index contributed by atoms with van der Waals surface area (Å²) in [4.78, 5) is 20.5. The summed E-state index contributed by atoms with van der Waals surface area (Å²) < 4.78 is 40.2. The zero-order valence-electron chi connectivity index (χ0n) is 11.2. The van der Waals surface area contributed by atoms with Crippen molar-refractivity contribution in [1.29, 1.82) is 0 Å². The number of pyridine rings is 1. The molecule has 110 valence electrons. The molecule has 3 aliphatic rings. The SMILES string of the molecule is Cn1cnc2c(C34CC(C(F)(F)F)(C3)C4)nccc2c1=O. The first-order chi connectivity index (χ1) is 9.78. The van der Waals surface area contributed by atoms with E-state index in [-0.39, 0.29) is 24.8 Å². The largest absolute Gasteiger partial charge is 0.394 e. The van der Waals surface area contributed by atoms with Crippen molar-refractivity contribution >= 4 is 10.9 Å². The summed E-state index contributed by atoms with van der Waals surface area (Å²) in [5.74, 6) is 0. The molecule has 0 atom stereocenters. The van der Waals surface area contributed by atoms with Gasteiger partial charge in [0.2, 0.25) is 0 Å². The maximum absolute atomic E-state index is 13.0. The van der Waals surface area contributed by atoms with Gasteiger partial charge in [-0.1, -0.05) is 0 Å². The molecule has 3 saturated carbocycles. The van der Waals surface area contributed by atoms with E-state index in [9.17, 15) is 18.0 Å². The van der Waals surface area contributed by atoms with Crippen LogP contribution in [0.4, 0.5) is 13.2 Å². The van der Waals surface area contributed by atoms with E-state index in [1.807, 2.05) is 0 Å². The summed E-state index contributed by atoms with van der Waals surface area (Å²) in [5, 5.41) is 0.413. The lowest BCUT2D eigenvalue weighted by Gasteiger charge is -2.70. The van der Waals surface area contributed by atoms with Gasteiger partial charge < -0.3 is 4.57 Å². The first kappa shape index (κ1) is 12.8. The molecule has 3 fully saturated rings. The lowest BCUT2D eigenvalue weighted by atomic mass is 9.34. The molecule has 4 nitrogen and oxygen atoms in total. The minimum absolute atomic E-state index is 0.0620. The Morgan fingerprint density at radius 3 is 2.52 bits per heavy atom. The van der Waals surface area contributed by atoms with Gasteiger partial charge in [-0.05, 0) is 25.3 Å². The highest BCUT2D eigenvalue weighted by Crippen LogP contribution is 2.78. The number of alkyl halides is 3. The Morgan fingerprint density at radius 1 is 1.24 bits per heavy atom. The average Bonchev–Trinajstić information content (AvgIpc) is 2.29. The van der Waals surface area contributed by atoms with Crippen LogP contribution in [0.5, 0.6) is 0 Å². The third-order valence-electron chi connectivity index (χ3n) is 4.97. The minimum Gasteiger partial charge on any atom is -0.302 e. The zero-order chi connectivity index (χ0) is 15.0. The highest BCUT2D eigenvalue weighted by atomic mass is 19.4. The van der Waals surface area contributed by atoms with Crippen molar-refractivity contribution in [2.75, 3.05) is 0 Å². The normalized spacial score (nSPS) is 30.9. The molecule has 7 heteroatoms. The van der Waals surface area contributed by atoms with Gasteiger partial charge in [-0.25, -0.2) is 4.98 Å². The topological polar surface area (TPSA) is 47.8 Å². The molecule has 0 aliphatic heterocycles. The number of rotatable bonds is 1. The molecular formula is C14H12F3N3O. The van der Waals surface area contributed by atoms with Crippen LogP contribution < -0.4 is 5.56 Å². The Bertz CT molecular complexity index is 805. The van der Waals surface area contributed by atoms with Gasteiger partial charge in [0.15, 0.2) is 0 Å². The molecule has 0 aromatic carbocycles. The van der Waals surface area contributed by atoms with E-state index >= 15 is 0 Å². The van der Waals surface area contributed by atoms with Crippen LogP contribution in [0.3, 0.4) is 0 Å². The van der Waals surface area contributed by atoms with Crippen LogP contribution in [-0.2, 0) is 12.5 Å². The van der Waals surface area contributed by atoms with Crippen LogP contribution in [0.25, 0.3) is 10.9 Å². The van der Waals surface area contributed by atoms with Gasteiger partial charge in [-0.15, -0.1) is 0 Å². The molecule has 5 rings (SSSR count). The summed E-state index contributed by atoms with van der Waals surface area (Å²) in [6, 6.07) is 1.57. The van der Waals surface area contributed by atoms with Crippen molar-refractivity contribution in [3.63, 3.8) is 0 Å². The quantitative estimate of drug-likeness (QED) is 0.811. The Kier molecular flexibility index (Phi) is 2.10. The predicted octanol–water partition coefficient (Wildman–Crippen LogP) is 2.31. The average molecular weight is 295 g/mol. The molecule has 2 bridgehead atoms. The smallest absolute Gasteiger partial charge is 0.302 e. The highest BCUT2D eigenvalue weighted by molar-refractivity contribution is 5.81. The summed E-state index contributed by atoms with van der Waals surface area (Å²) in [5.41, 5.74) is -1.30.